The van der Waals surface area contributed by atoms with Gasteiger partial charge in [0.05, 0.1) is 12.0 Å². The molecular formula is C13H19NO4S. The van der Waals surface area contributed by atoms with Gasteiger partial charge in [-0.1, -0.05) is 0 Å². The number of nitrogens with zero attached hydrogens (tertiary/aromatic N) is 1. The fourth-order valence-electron chi connectivity index (χ4n) is 2.29. The highest BCUT2D eigenvalue weighted by atomic mass is 32.2. The molecule has 1 aliphatic heterocycles. The molecule has 1 aromatic rings. The molecule has 1 atom stereocenters. The van der Waals surface area contributed by atoms with Gasteiger partial charge < -0.3 is 9.84 Å². The Labute approximate surface area is 113 Å². The molecule has 106 valence electrons. The first-order valence-corrected chi connectivity index (χ1v) is 7.77. The third kappa shape index (κ3) is 3.08. The van der Waals surface area contributed by atoms with E-state index in [1.807, 2.05) is 0 Å². The van der Waals surface area contributed by atoms with Gasteiger partial charge in [0.15, 0.2) is 0 Å². The van der Waals surface area contributed by atoms with Crippen LogP contribution in [-0.2, 0) is 10.0 Å². The number of hydrogen-bond donors (Lipinski definition) is 1. The summed E-state index contributed by atoms with van der Waals surface area (Å²) in [6, 6.07) is 6.38. The zero-order valence-corrected chi connectivity index (χ0v) is 11.8. The Kier molecular flexibility index (Phi) is 4.44. The molecule has 6 heteroatoms. The molecule has 0 bridgehead atoms. The van der Waals surface area contributed by atoms with Crippen molar-refractivity contribution in [3.63, 3.8) is 0 Å². The molecule has 2 rings (SSSR count). The van der Waals surface area contributed by atoms with Crippen molar-refractivity contribution in [1.29, 1.82) is 0 Å². The fourth-order valence-corrected chi connectivity index (χ4v) is 3.85. The number of hydrogen-bond acceptors (Lipinski definition) is 4. The summed E-state index contributed by atoms with van der Waals surface area (Å²) < 4.78 is 31.4. The quantitative estimate of drug-likeness (QED) is 0.899. The van der Waals surface area contributed by atoms with Gasteiger partial charge in [-0.3, -0.25) is 0 Å². The molecule has 0 amide bonds. The molecule has 0 aromatic heterocycles. The zero-order chi connectivity index (χ0) is 13.9. The molecular weight excluding hydrogens is 266 g/mol. The van der Waals surface area contributed by atoms with Crippen molar-refractivity contribution in [2.75, 3.05) is 26.8 Å². The molecule has 1 aromatic carbocycles. The third-order valence-electron chi connectivity index (χ3n) is 3.44. The molecule has 19 heavy (non-hydrogen) atoms. The van der Waals surface area contributed by atoms with Crippen molar-refractivity contribution < 1.29 is 18.3 Å². The summed E-state index contributed by atoms with van der Waals surface area (Å²) in [6.45, 7) is 0.949. The Hall–Kier alpha value is -1.11. The number of aliphatic hydroxyl groups is 1. The van der Waals surface area contributed by atoms with Gasteiger partial charge in [-0.15, -0.1) is 0 Å². The second-order valence-electron chi connectivity index (χ2n) is 4.73. The van der Waals surface area contributed by atoms with Gasteiger partial charge >= 0.3 is 0 Å². The SMILES string of the molecule is COc1ccc(S(=O)(=O)N2CCCC(CO)C2)cc1. The van der Waals surface area contributed by atoms with Crippen LogP contribution >= 0.6 is 0 Å². The van der Waals surface area contributed by atoms with Gasteiger partial charge in [-0.25, -0.2) is 8.42 Å². The van der Waals surface area contributed by atoms with E-state index in [1.54, 1.807) is 31.4 Å². The lowest BCUT2D eigenvalue weighted by Gasteiger charge is -2.30. The Morgan fingerprint density at radius 2 is 2.05 bits per heavy atom. The number of sulfonamides is 1. The molecule has 0 radical (unpaired) electrons. The fraction of sp³-hybridized carbons (Fsp3) is 0.538. The van der Waals surface area contributed by atoms with Crippen LogP contribution in [0.4, 0.5) is 0 Å². The van der Waals surface area contributed by atoms with Crippen LogP contribution in [0.3, 0.4) is 0 Å². The first kappa shape index (κ1) is 14.3. The van der Waals surface area contributed by atoms with Gasteiger partial charge in [0.2, 0.25) is 10.0 Å². The highest BCUT2D eigenvalue weighted by Gasteiger charge is 2.29. The van der Waals surface area contributed by atoms with E-state index in [4.69, 9.17) is 4.74 Å². The summed E-state index contributed by atoms with van der Waals surface area (Å²) >= 11 is 0. The summed E-state index contributed by atoms with van der Waals surface area (Å²) in [5.74, 6) is 0.674. The summed E-state index contributed by atoms with van der Waals surface area (Å²) in [5, 5.41) is 9.18. The van der Waals surface area contributed by atoms with Gasteiger partial charge in [0, 0.05) is 19.7 Å². The lowest BCUT2D eigenvalue weighted by molar-refractivity contribution is 0.165. The minimum absolute atomic E-state index is 0.0363. The lowest BCUT2D eigenvalue weighted by Crippen LogP contribution is -2.40. The number of rotatable bonds is 4. The maximum absolute atomic E-state index is 12.5. The summed E-state index contributed by atoms with van der Waals surface area (Å²) in [5.41, 5.74) is 0. The standard InChI is InChI=1S/C13H19NO4S/c1-18-12-4-6-13(7-5-12)19(16,17)14-8-2-3-11(9-14)10-15/h4-7,11,15H,2-3,8-10H2,1H3. The smallest absolute Gasteiger partial charge is 0.243 e. The molecule has 1 saturated heterocycles. The first-order chi connectivity index (χ1) is 9.07. The zero-order valence-electron chi connectivity index (χ0n) is 10.9. The van der Waals surface area contributed by atoms with E-state index in [-0.39, 0.29) is 17.4 Å². The molecule has 1 unspecified atom stereocenters. The summed E-state index contributed by atoms with van der Waals surface area (Å²) in [6.07, 6.45) is 1.67. The predicted molar refractivity (Wildman–Crippen MR) is 71.6 cm³/mol. The number of ether oxygens (including phenoxy) is 1. The minimum atomic E-state index is -3.46. The Balaban J connectivity index is 2.20. The molecule has 0 aliphatic carbocycles. The third-order valence-corrected chi connectivity index (χ3v) is 5.32. The Morgan fingerprint density at radius 1 is 1.37 bits per heavy atom. The van der Waals surface area contributed by atoms with E-state index in [9.17, 15) is 13.5 Å². The number of benzene rings is 1. The first-order valence-electron chi connectivity index (χ1n) is 6.33. The molecule has 0 saturated carbocycles. The topological polar surface area (TPSA) is 66.8 Å². The van der Waals surface area contributed by atoms with Crippen molar-refractivity contribution in [1.82, 2.24) is 4.31 Å². The van der Waals surface area contributed by atoms with Crippen LogP contribution in [0.1, 0.15) is 12.8 Å². The maximum Gasteiger partial charge on any atom is 0.243 e. The second kappa shape index (κ2) is 5.90. The largest absolute Gasteiger partial charge is 0.497 e. The van der Waals surface area contributed by atoms with Crippen molar-refractivity contribution in [2.24, 2.45) is 5.92 Å². The van der Waals surface area contributed by atoms with Gasteiger partial charge in [0.25, 0.3) is 0 Å². The normalized spacial score (nSPS) is 21.3. The van der Waals surface area contributed by atoms with Crippen LogP contribution in [0.15, 0.2) is 29.2 Å². The average Bonchev–Trinajstić information content (AvgIpc) is 2.47. The number of piperidine rings is 1. The van der Waals surface area contributed by atoms with E-state index in [0.29, 0.717) is 18.8 Å². The van der Waals surface area contributed by atoms with Gasteiger partial charge in [-0.05, 0) is 43.0 Å². The van der Waals surface area contributed by atoms with Crippen molar-refractivity contribution >= 4 is 10.0 Å². The van der Waals surface area contributed by atoms with Crippen LogP contribution in [0.5, 0.6) is 5.75 Å². The number of aliphatic hydroxyl groups excluding tert-OH is 1. The molecule has 1 N–H and O–H groups in total. The molecule has 1 aliphatic rings. The molecule has 1 fully saturated rings. The highest BCUT2D eigenvalue weighted by molar-refractivity contribution is 7.89. The van der Waals surface area contributed by atoms with E-state index in [1.165, 1.54) is 4.31 Å². The monoisotopic (exact) mass is 285 g/mol. The highest BCUT2D eigenvalue weighted by Crippen LogP contribution is 2.24. The van der Waals surface area contributed by atoms with E-state index >= 15 is 0 Å². The van der Waals surface area contributed by atoms with Crippen LogP contribution in [-0.4, -0.2) is 44.6 Å². The predicted octanol–water partition coefficient (Wildman–Crippen LogP) is 1.09. The molecule has 0 spiro atoms. The van der Waals surface area contributed by atoms with Crippen LogP contribution in [0, 0.1) is 5.92 Å². The number of methoxy groups -OCH3 is 1. The van der Waals surface area contributed by atoms with Crippen molar-refractivity contribution in [3.8, 4) is 5.75 Å². The van der Waals surface area contributed by atoms with Crippen molar-refractivity contribution in [3.05, 3.63) is 24.3 Å². The maximum atomic E-state index is 12.5. The summed E-state index contributed by atoms with van der Waals surface area (Å²) in [7, 11) is -1.92. The van der Waals surface area contributed by atoms with Gasteiger partial charge in [0.1, 0.15) is 5.75 Å². The Bertz CT molecular complexity index is 512. The molecule has 1 heterocycles. The van der Waals surface area contributed by atoms with E-state index in [0.717, 1.165) is 12.8 Å². The summed E-state index contributed by atoms with van der Waals surface area (Å²) in [4.78, 5) is 0.270. The van der Waals surface area contributed by atoms with Crippen molar-refractivity contribution in [2.45, 2.75) is 17.7 Å². The van der Waals surface area contributed by atoms with Gasteiger partial charge in [-0.2, -0.15) is 4.31 Å². The van der Waals surface area contributed by atoms with Crippen LogP contribution in [0.25, 0.3) is 0 Å². The van der Waals surface area contributed by atoms with E-state index in [2.05, 4.69) is 0 Å². The average molecular weight is 285 g/mol. The Morgan fingerprint density at radius 3 is 2.63 bits per heavy atom. The molecule has 5 nitrogen and oxygen atoms in total. The van der Waals surface area contributed by atoms with Crippen LogP contribution in [0.2, 0.25) is 0 Å². The second-order valence-corrected chi connectivity index (χ2v) is 6.67. The minimum Gasteiger partial charge on any atom is -0.497 e. The lowest BCUT2D eigenvalue weighted by atomic mass is 10.0. The van der Waals surface area contributed by atoms with E-state index < -0.39 is 10.0 Å². The van der Waals surface area contributed by atoms with Crippen LogP contribution < -0.4 is 4.74 Å².